The van der Waals surface area contributed by atoms with Crippen molar-refractivity contribution in [2.75, 3.05) is 18.4 Å². The van der Waals surface area contributed by atoms with E-state index in [1.165, 1.54) is 49.3 Å². The first-order valence-electron chi connectivity index (χ1n) is 8.87. The van der Waals surface area contributed by atoms with E-state index < -0.39 is 0 Å². The Bertz CT molecular complexity index is 898. The number of piperidine rings is 1. The van der Waals surface area contributed by atoms with Crippen LogP contribution in [0.3, 0.4) is 0 Å². The lowest BCUT2D eigenvalue weighted by atomic mass is 10.1. The summed E-state index contributed by atoms with van der Waals surface area (Å²) >= 11 is 1.47. The van der Waals surface area contributed by atoms with E-state index >= 15 is 0 Å². The van der Waals surface area contributed by atoms with Crippen molar-refractivity contribution in [1.29, 1.82) is 0 Å². The van der Waals surface area contributed by atoms with Gasteiger partial charge in [0.1, 0.15) is 0 Å². The van der Waals surface area contributed by atoms with Crippen molar-refractivity contribution in [3.8, 4) is 10.6 Å². The largest absolute Gasteiger partial charge is 0.324 e. The van der Waals surface area contributed by atoms with Gasteiger partial charge in [0.2, 0.25) is 5.95 Å². The second-order valence-electron chi connectivity index (χ2n) is 6.49. The maximum atomic E-state index is 12.2. The Labute approximate surface area is 155 Å². The first-order chi connectivity index (χ1) is 12.8. The van der Waals surface area contributed by atoms with Crippen molar-refractivity contribution in [3.63, 3.8) is 0 Å². The van der Waals surface area contributed by atoms with Crippen molar-refractivity contribution in [2.45, 2.75) is 25.8 Å². The van der Waals surface area contributed by atoms with E-state index in [0.29, 0.717) is 11.6 Å². The highest BCUT2D eigenvalue weighted by Crippen LogP contribution is 2.20. The molecule has 0 unspecified atom stereocenters. The number of aromatic amines is 1. The monoisotopic (exact) mass is 367 g/mol. The number of rotatable bonds is 5. The third kappa shape index (κ3) is 4.00. The van der Waals surface area contributed by atoms with Gasteiger partial charge >= 0.3 is 0 Å². The van der Waals surface area contributed by atoms with E-state index in [1.54, 1.807) is 0 Å². The number of nitrogens with one attached hydrogen (secondary N) is 2. The minimum Gasteiger partial charge on any atom is -0.324 e. The quantitative estimate of drug-likeness (QED) is 0.720. The van der Waals surface area contributed by atoms with Gasteiger partial charge in [0.15, 0.2) is 5.69 Å². The van der Waals surface area contributed by atoms with E-state index in [-0.39, 0.29) is 5.56 Å². The lowest BCUT2D eigenvalue weighted by Gasteiger charge is -2.26. The number of nitrogens with zero attached hydrogens (tertiary/aromatic N) is 3. The number of thiophene rings is 1. The molecular weight excluding hydrogens is 346 g/mol. The molecule has 6 nitrogen and oxygen atoms in total. The molecule has 0 atom stereocenters. The molecule has 7 heteroatoms. The minimum atomic E-state index is -0.244. The molecule has 1 aromatic carbocycles. The van der Waals surface area contributed by atoms with Crippen LogP contribution in [0.5, 0.6) is 0 Å². The van der Waals surface area contributed by atoms with E-state index in [9.17, 15) is 4.79 Å². The topological polar surface area (TPSA) is 73.9 Å². The normalized spacial score (nSPS) is 15.1. The zero-order valence-electron chi connectivity index (χ0n) is 14.4. The van der Waals surface area contributed by atoms with Gasteiger partial charge in [-0.05, 0) is 55.1 Å². The summed E-state index contributed by atoms with van der Waals surface area (Å²) in [5.41, 5.74) is 2.28. The molecule has 2 N–H and O–H groups in total. The third-order valence-electron chi connectivity index (χ3n) is 4.52. The smallest absolute Gasteiger partial charge is 0.280 e. The molecule has 1 aliphatic heterocycles. The van der Waals surface area contributed by atoms with Crippen LogP contribution in [0.25, 0.3) is 10.6 Å². The van der Waals surface area contributed by atoms with E-state index in [2.05, 4.69) is 37.5 Å². The highest BCUT2D eigenvalue weighted by Gasteiger charge is 2.11. The van der Waals surface area contributed by atoms with Gasteiger partial charge < -0.3 is 5.32 Å². The average Bonchev–Trinajstić information content (AvgIpc) is 3.19. The van der Waals surface area contributed by atoms with E-state index in [1.807, 2.05) is 29.6 Å². The Balaban J connectivity index is 1.42. The summed E-state index contributed by atoms with van der Waals surface area (Å²) in [5.74, 6) is 0.346. The summed E-state index contributed by atoms with van der Waals surface area (Å²) in [6, 6.07) is 12.0. The summed E-state index contributed by atoms with van der Waals surface area (Å²) in [6.45, 7) is 3.37. The molecule has 0 bridgehead atoms. The fourth-order valence-electron chi connectivity index (χ4n) is 3.17. The molecule has 0 saturated carbocycles. The number of H-pyrrole nitrogens is 1. The number of hydrogen-bond acceptors (Lipinski definition) is 6. The molecule has 0 amide bonds. The van der Waals surface area contributed by atoms with Crippen LogP contribution in [0, 0.1) is 0 Å². The molecule has 4 rings (SSSR count). The maximum absolute atomic E-state index is 12.2. The molecule has 3 aromatic rings. The van der Waals surface area contributed by atoms with Crippen LogP contribution >= 0.6 is 11.3 Å². The van der Waals surface area contributed by atoms with Crippen molar-refractivity contribution in [1.82, 2.24) is 20.1 Å². The Morgan fingerprint density at radius 2 is 1.88 bits per heavy atom. The fourth-order valence-corrected chi connectivity index (χ4v) is 3.88. The van der Waals surface area contributed by atoms with Crippen LogP contribution in [0.2, 0.25) is 0 Å². The van der Waals surface area contributed by atoms with Gasteiger partial charge in [-0.2, -0.15) is 0 Å². The van der Waals surface area contributed by atoms with Gasteiger partial charge in [-0.3, -0.25) is 14.7 Å². The van der Waals surface area contributed by atoms with Crippen molar-refractivity contribution >= 4 is 23.0 Å². The molecule has 3 heterocycles. The first kappa shape index (κ1) is 16.9. The second kappa shape index (κ2) is 7.80. The Morgan fingerprint density at radius 3 is 2.58 bits per heavy atom. The molecule has 2 aromatic heterocycles. The molecule has 1 saturated heterocycles. The Kier molecular flexibility index (Phi) is 5.08. The van der Waals surface area contributed by atoms with Crippen LogP contribution in [-0.2, 0) is 6.54 Å². The predicted octanol–water partition coefficient (Wildman–Crippen LogP) is 3.62. The SMILES string of the molecule is O=c1[nH]c(Nc2ccc(CN3CCCCC3)cc2)nnc1-c1cccs1. The molecular formula is C19H21N5OS. The van der Waals surface area contributed by atoms with Gasteiger partial charge in [0.05, 0.1) is 4.88 Å². The van der Waals surface area contributed by atoms with Crippen LogP contribution < -0.4 is 10.9 Å². The van der Waals surface area contributed by atoms with Crippen LogP contribution in [0.4, 0.5) is 11.6 Å². The van der Waals surface area contributed by atoms with Crippen LogP contribution in [0.1, 0.15) is 24.8 Å². The summed E-state index contributed by atoms with van der Waals surface area (Å²) in [4.78, 5) is 18.3. The maximum Gasteiger partial charge on any atom is 0.280 e. The predicted molar refractivity (Wildman–Crippen MR) is 105 cm³/mol. The summed E-state index contributed by atoms with van der Waals surface area (Å²) in [5, 5.41) is 13.2. The van der Waals surface area contributed by atoms with Gasteiger partial charge in [0.25, 0.3) is 5.56 Å². The number of anilines is 2. The van der Waals surface area contributed by atoms with Gasteiger partial charge in [0, 0.05) is 12.2 Å². The fraction of sp³-hybridized carbons (Fsp3) is 0.316. The summed E-state index contributed by atoms with van der Waals surface area (Å²) in [6.07, 6.45) is 3.95. The molecule has 26 heavy (non-hydrogen) atoms. The average molecular weight is 367 g/mol. The lowest BCUT2D eigenvalue weighted by Crippen LogP contribution is -2.29. The van der Waals surface area contributed by atoms with Crippen molar-refractivity contribution in [2.24, 2.45) is 0 Å². The molecule has 0 radical (unpaired) electrons. The van der Waals surface area contributed by atoms with E-state index in [4.69, 9.17) is 0 Å². The Morgan fingerprint density at radius 1 is 1.08 bits per heavy atom. The van der Waals surface area contributed by atoms with Crippen LogP contribution in [0.15, 0.2) is 46.6 Å². The highest BCUT2D eigenvalue weighted by atomic mass is 32.1. The minimum absolute atomic E-state index is 0.244. The highest BCUT2D eigenvalue weighted by molar-refractivity contribution is 7.13. The standard InChI is InChI=1S/C19H21N5OS/c25-18-17(16-5-4-12-26-16)22-23-19(21-18)20-15-8-6-14(7-9-15)13-24-10-2-1-3-11-24/h4-9,12H,1-3,10-11,13H2,(H2,20,21,23,25). The molecule has 134 valence electrons. The molecule has 1 fully saturated rings. The van der Waals surface area contributed by atoms with Crippen molar-refractivity contribution < 1.29 is 0 Å². The number of hydrogen-bond donors (Lipinski definition) is 2. The van der Waals surface area contributed by atoms with E-state index in [0.717, 1.165) is 17.1 Å². The summed E-state index contributed by atoms with van der Waals surface area (Å²) < 4.78 is 0. The first-order valence-corrected chi connectivity index (χ1v) is 9.75. The third-order valence-corrected chi connectivity index (χ3v) is 5.40. The number of benzene rings is 1. The zero-order chi connectivity index (χ0) is 17.8. The molecule has 0 aliphatic carbocycles. The molecule has 1 aliphatic rings. The Hall–Kier alpha value is -2.51. The zero-order valence-corrected chi connectivity index (χ0v) is 15.3. The second-order valence-corrected chi connectivity index (χ2v) is 7.44. The van der Waals surface area contributed by atoms with Crippen molar-refractivity contribution in [3.05, 3.63) is 57.7 Å². The lowest BCUT2D eigenvalue weighted by molar-refractivity contribution is 0.221. The molecule has 0 spiro atoms. The summed E-state index contributed by atoms with van der Waals surface area (Å²) in [7, 11) is 0. The number of aromatic nitrogens is 3. The van der Waals surface area contributed by atoms with Gasteiger partial charge in [-0.15, -0.1) is 21.5 Å². The van der Waals surface area contributed by atoms with Gasteiger partial charge in [-0.1, -0.05) is 24.6 Å². The van der Waals surface area contributed by atoms with Crippen LogP contribution in [-0.4, -0.2) is 33.2 Å². The van der Waals surface area contributed by atoms with Gasteiger partial charge in [-0.25, -0.2) is 0 Å². The number of likely N-dealkylation sites (tertiary alicyclic amines) is 1.